The van der Waals surface area contributed by atoms with Crippen LogP contribution < -0.4 is 5.32 Å². The zero-order valence-corrected chi connectivity index (χ0v) is 12.4. The van der Waals surface area contributed by atoms with Crippen LogP contribution >= 0.6 is 0 Å². The number of carbonyl (C=O) groups excluding carboxylic acids is 1. The number of rotatable bonds is 9. The second kappa shape index (κ2) is 7.25. The molecule has 19 heavy (non-hydrogen) atoms. The van der Waals surface area contributed by atoms with Gasteiger partial charge in [-0.2, -0.15) is 0 Å². The van der Waals surface area contributed by atoms with Gasteiger partial charge in [0.2, 0.25) is 0 Å². The molecule has 0 saturated heterocycles. The Bertz CT molecular complexity index is 288. The fourth-order valence-electron chi connectivity index (χ4n) is 2.60. The molecule has 2 fully saturated rings. The van der Waals surface area contributed by atoms with Crippen LogP contribution in [0.3, 0.4) is 0 Å². The van der Waals surface area contributed by atoms with E-state index in [4.69, 9.17) is 4.74 Å². The first-order chi connectivity index (χ1) is 9.19. The van der Waals surface area contributed by atoms with E-state index in [9.17, 15) is 4.79 Å². The molecule has 2 rings (SSSR count). The molecule has 1 N–H and O–H groups in total. The van der Waals surface area contributed by atoms with Crippen molar-refractivity contribution in [2.75, 3.05) is 26.7 Å². The average Bonchev–Trinajstić information content (AvgIpc) is 3.13. The molecule has 0 amide bonds. The Morgan fingerprint density at radius 3 is 2.63 bits per heavy atom. The van der Waals surface area contributed by atoms with Gasteiger partial charge in [-0.05, 0) is 58.5 Å². The molecule has 0 radical (unpaired) electrons. The third-order valence-corrected chi connectivity index (χ3v) is 4.18. The zero-order valence-electron chi connectivity index (χ0n) is 12.4. The van der Waals surface area contributed by atoms with Crippen LogP contribution in [0, 0.1) is 5.92 Å². The van der Waals surface area contributed by atoms with Gasteiger partial charge in [-0.25, -0.2) is 0 Å². The number of carbonyl (C=O) groups is 1. The van der Waals surface area contributed by atoms with Crippen LogP contribution in [0.1, 0.15) is 45.4 Å². The highest BCUT2D eigenvalue weighted by Crippen LogP contribution is 2.26. The van der Waals surface area contributed by atoms with Gasteiger partial charge in [-0.15, -0.1) is 0 Å². The van der Waals surface area contributed by atoms with E-state index in [1.54, 1.807) is 0 Å². The topological polar surface area (TPSA) is 41.6 Å². The summed E-state index contributed by atoms with van der Waals surface area (Å²) in [6.07, 6.45) is 7.42. The van der Waals surface area contributed by atoms with Crippen molar-refractivity contribution in [1.82, 2.24) is 10.2 Å². The minimum Gasteiger partial charge on any atom is -0.465 e. The molecule has 0 aromatic rings. The minimum atomic E-state index is -0.115. The highest BCUT2D eigenvalue weighted by Gasteiger charge is 2.29. The molecule has 1 atom stereocenters. The SMILES string of the molecule is CCOC(=O)C(CCN(C)CC1CCC1)NC1CC1. The van der Waals surface area contributed by atoms with Gasteiger partial charge in [-0.1, -0.05) is 6.42 Å². The molecular weight excluding hydrogens is 240 g/mol. The van der Waals surface area contributed by atoms with Crippen molar-refractivity contribution in [1.29, 1.82) is 0 Å². The van der Waals surface area contributed by atoms with Gasteiger partial charge in [0.15, 0.2) is 0 Å². The average molecular weight is 268 g/mol. The van der Waals surface area contributed by atoms with E-state index in [0.717, 1.165) is 18.9 Å². The van der Waals surface area contributed by atoms with Crippen molar-refractivity contribution in [2.24, 2.45) is 5.92 Å². The van der Waals surface area contributed by atoms with Crippen molar-refractivity contribution in [3.05, 3.63) is 0 Å². The second-order valence-corrected chi connectivity index (χ2v) is 6.09. The second-order valence-electron chi connectivity index (χ2n) is 6.09. The summed E-state index contributed by atoms with van der Waals surface area (Å²) in [4.78, 5) is 14.3. The van der Waals surface area contributed by atoms with Gasteiger partial charge in [-0.3, -0.25) is 4.79 Å². The van der Waals surface area contributed by atoms with Crippen LogP contribution in [0.2, 0.25) is 0 Å². The Balaban J connectivity index is 1.69. The van der Waals surface area contributed by atoms with Crippen molar-refractivity contribution in [3.63, 3.8) is 0 Å². The molecule has 0 spiro atoms. The van der Waals surface area contributed by atoms with Gasteiger partial charge < -0.3 is 15.0 Å². The molecule has 4 nitrogen and oxygen atoms in total. The summed E-state index contributed by atoms with van der Waals surface area (Å²) in [5, 5.41) is 3.41. The lowest BCUT2D eigenvalue weighted by Gasteiger charge is -2.30. The molecule has 110 valence electrons. The third kappa shape index (κ3) is 5.11. The number of ether oxygens (including phenoxy) is 1. The largest absolute Gasteiger partial charge is 0.465 e. The predicted octanol–water partition coefficient (Wildman–Crippen LogP) is 1.79. The maximum absolute atomic E-state index is 11.9. The third-order valence-electron chi connectivity index (χ3n) is 4.18. The minimum absolute atomic E-state index is 0.0774. The standard InChI is InChI=1S/C15H28N2O2/c1-3-19-15(18)14(16-13-7-8-13)9-10-17(2)11-12-5-4-6-12/h12-14,16H,3-11H2,1-2H3. The summed E-state index contributed by atoms with van der Waals surface area (Å²) < 4.78 is 5.16. The predicted molar refractivity (Wildman–Crippen MR) is 76.0 cm³/mol. The molecule has 2 aliphatic carbocycles. The van der Waals surface area contributed by atoms with Gasteiger partial charge in [0.1, 0.15) is 6.04 Å². The van der Waals surface area contributed by atoms with Gasteiger partial charge >= 0.3 is 5.97 Å². The van der Waals surface area contributed by atoms with E-state index in [-0.39, 0.29) is 12.0 Å². The lowest BCUT2D eigenvalue weighted by atomic mass is 9.85. The van der Waals surface area contributed by atoms with E-state index in [1.807, 2.05) is 6.92 Å². The highest BCUT2D eigenvalue weighted by atomic mass is 16.5. The smallest absolute Gasteiger partial charge is 0.323 e. The molecule has 0 bridgehead atoms. The lowest BCUT2D eigenvalue weighted by Crippen LogP contribution is -2.42. The normalized spacial score (nSPS) is 21.2. The van der Waals surface area contributed by atoms with Gasteiger partial charge in [0, 0.05) is 12.6 Å². The summed E-state index contributed by atoms with van der Waals surface area (Å²) in [6, 6.07) is 0.433. The maximum Gasteiger partial charge on any atom is 0.323 e. The van der Waals surface area contributed by atoms with E-state index in [1.165, 1.54) is 38.6 Å². The number of hydrogen-bond acceptors (Lipinski definition) is 4. The number of nitrogens with one attached hydrogen (secondary N) is 1. The number of nitrogens with zero attached hydrogens (tertiary/aromatic N) is 1. The Kier molecular flexibility index (Phi) is 5.64. The quantitative estimate of drug-likeness (QED) is 0.647. The van der Waals surface area contributed by atoms with Crippen LogP contribution in [-0.2, 0) is 9.53 Å². The fourth-order valence-corrected chi connectivity index (χ4v) is 2.60. The molecule has 1 unspecified atom stereocenters. The molecule has 0 aliphatic heterocycles. The van der Waals surface area contributed by atoms with E-state index in [2.05, 4.69) is 17.3 Å². The van der Waals surface area contributed by atoms with Crippen LogP contribution in [0.25, 0.3) is 0 Å². The van der Waals surface area contributed by atoms with E-state index in [0.29, 0.717) is 12.6 Å². The van der Waals surface area contributed by atoms with Crippen molar-refractivity contribution in [3.8, 4) is 0 Å². The summed E-state index contributed by atoms with van der Waals surface area (Å²) in [6.45, 7) is 4.49. The molecule has 2 aliphatic rings. The van der Waals surface area contributed by atoms with Crippen LogP contribution in [0.15, 0.2) is 0 Å². The Morgan fingerprint density at radius 2 is 2.11 bits per heavy atom. The zero-order chi connectivity index (χ0) is 13.7. The molecule has 4 heteroatoms. The molecule has 0 heterocycles. The Morgan fingerprint density at radius 1 is 1.37 bits per heavy atom. The Labute approximate surface area is 116 Å². The van der Waals surface area contributed by atoms with Crippen LogP contribution in [-0.4, -0.2) is 49.7 Å². The molecule has 0 aromatic carbocycles. The highest BCUT2D eigenvalue weighted by molar-refractivity contribution is 5.75. The molecular formula is C15H28N2O2. The summed E-state index contributed by atoms with van der Waals surface area (Å²) in [5.41, 5.74) is 0. The summed E-state index contributed by atoms with van der Waals surface area (Å²) in [5.74, 6) is 0.814. The maximum atomic E-state index is 11.9. The van der Waals surface area contributed by atoms with E-state index >= 15 is 0 Å². The van der Waals surface area contributed by atoms with Crippen LogP contribution in [0.4, 0.5) is 0 Å². The monoisotopic (exact) mass is 268 g/mol. The van der Waals surface area contributed by atoms with E-state index < -0.39 is 0 Å². The number of hydrogen-bond donors (Lipinski definition) is 1. The molecule has 2 saturated carbocycles. The number of esters is 1. The van der Waals surface area contributed by atoms with Crippen molar-refractivity contribution in [2.45, 2.75) is 57.5 Å². The molecule has 0 aromatic heterocycles. The van der Waals surface area contributed by atoms with Gasteiger partial charge in [0.25, 0.3) is 0 Å². The summed E-state index contributed by atoms with van der Waals surface area (Å²) >= 11 is 0. The lowest BCUT2D eigenvalue weighted by molar-refractivity contribution is -0.146. The first-order valence-corrected chi connectivity index (χ1v) is 7.80. The summed E-state index contributed by atoms with van der Waals surface area (Å²) in [7, 11) is 2.16. The van der Waals surface area contributed by atoms with Gasteiger partial charge in [0.05, 0.1) is 6.61 Å². The van der Waals surface area contributed by atoms with Crippen molar-refractivity contribution >= 4 is 5.97 Å². The Hall–Kier alpha value is -0.610. The first-order valence-electron chi connectivity index (χ1n) is 7.80. The fraction of sp³-hybridized carbons (Fsp3) is 0.933. The first kappa shape index (κ1) is 14.8. The van der Waals surface area contributed by atoms with Crippen molar-refractivity contribution < 1.29 is 9.53 Å². The van der Waals surface area contributed by atoms with Crippen LogP contribution in [0.5, 0.6) is 0 Å².